The number of carboxylic acid groups (broad SMARTS) is 1. The van der Waals surface area contributed by atoms with E-state index in [0.717, 1.165) is 21.5 Å². The van der Waals surface area contributed by atoms with Crippen molar-refractivity contribution in [2.75, 3.05) is 0 Å². The van der Waals surface area contributed by atoms with Gasteiger partial charge in [-0.25, -0.2) is 9.78 Å². The molecule has 5 heteroatoms. The minimum Gasteiger partial charge on any atom is -0.477 e. The number of aromatic nitrogens is 2. The third-order valence-electron chi connectivity index (χ3n) is 2.84. The highest BCUT2D eigenvalue weighted by molar-refractivity contribution is 7.17. The molecule has 0 radical (unpaired) electrons. The van der Waals surface area contributed by atoms with Crippen LogP contribution in [0.3, 0.4) is 0 Å². The van der Waals surface area contributed by atoms with Crippen molar-refractivity contribution in [2.45, 2.75) is 6.92 Å². The summed E-state index contributed by atoms with van der Waals surface area (Å²) in [7, 11) is 0. The SMILES string of the molecule is Cc1nc(-c2ccc3ncccc3c2)sc1C(=O)O. The molecule has 94 valence electrons. The first-order valence-electron chi connectivity index (χ1n) is 5.71. The van der Waals surface area contributed by atoms with Gasteiger partial charge in [0.25, 0.3) is 0 Å². The van der Waals surface area contributed by atoms with Crippen LogP contribution in [0.4, 0.5) is 0 Å². The van der Waals surface area contributed by atoms with E-state index in [2.05, 4.69) is 9.97 Å². The molecule has 0 aliphatic carbocycles. The largest absolute Gasteiger partial charge is 0.477 e. The quantitative estimate of drug-likeness (QED) is 0.775. The molecule has 0 aliphatic rings. The molecule has 0 bridgehead atoms. The molecular formula is C14H10N2O2S. The Morgan fingerprint density at radius 1 is 1.32 bits per heavy atom. The maximum absolute atomic E-state index is 11.0. The summed E-state index contributed by atoms with van der Waals surface area (Å²) >= 11 is 1.20. The molecule has 0 atom stereocenters. The lowest BCUT2D eigenvalue weighted by Gasteiger charge is -1.99. The second-order valence-electron chi connectivity index (χ2n) is 4.15. The zero-order chi connectivity index (χ0) is 13.4. The Morgan fingerprint density at radius 3 is 2.89 bits per heavy atom. The van der Waals surface area contributed by atoms with Crippen molar-refractivity contribution in [3.63, 3.8) is 0 Å². The van der Waals surface area contributed by atoms with Gasteiger partial charge in [0.1, 0.15) is 9.88 Å². The number of pyridine rings is 1. The molecule has 0 saturated carbocycles. The summed E-state index contributed by atoms with van der Waals surface area (Å²) in [4.78, 5) is 19.9. The molecule has 1 N–H and O–H groups in total. The molecule has 0 spiro atoms. The second-order valence-corrected chi connectivity index (χ2v) is 5.15. The number of nitrogens with zero attached hydrogens (tertiary/aromatic N) is 2. The van der Waals surface area contributed by atoms with E-state index in [1.54, 1.807) is 13.1 Å². The van der Waals surface area contributed by atoms with Crippen LogP contribution >= 0.6 is 11.3 Å². The second kappa shape index (κ2) is 4.44. The lowest BCUT2D eigenvalue weighted by molar-refractivity contribution is 0.0701. The van der Waals surface area contributed by atoms with Crippen LogP contribution in [0.2, 0.25) is 0 Å². The van der Waals surface area contributed by atoms with Crippen molar-refractivity contribution >= 4 is 28.2 Å². The van der Waals surface area contributed by atoms with E-state index in [0.29, 0.717) is 10.6 Å². The highest BCUT2D eigenvalue weighted by Gasteiger charge is 2.15. The van der Waals surface area contributed by atoms with Gasteiger partial charge in [-0.3, -0.25) is 4.98 Å². The van der Waals surface area contributed by atoms with E-state index in [1.807, 2.05) is 30.3 Å². The van der Waals surface area contributed by atoms with Gasteiger partial charge < -0.3 is 5.11 Å². The summed E-state index contributed by atoms with van der Waals surface area (Å²) in [5.41, 5.74) is 2.39. The average Bonchev–Trinajstić information content (AvgIpc) is 2.80. The fraction of sp³-hybridized carbons (Fsp3) is 0.0714. The minimum absolute atomic E-state index is 0.293. The van der Waals surface area contributed by atoms with E-state index in [9.17, 15) is 4.79 Å². The lowest BCUT2D eigenvalue weighted by atomic mass is 10.1. The van der Waals surface area contributed by atoms with Gasteiger partial charge >= 0.3 is 5.97 Å². The summed E-state index contributed by atoms with van der Waals surface area (Å²) in [5.74, 6) is -0.927. The summed E-state index contributed by atoms with van der Waals surface area (Å²) < 4.78 is 0. The lowest BCUT2D eigenvalue weighted by Crippen LogP contribution is -1.94. The first-order chi connectivity index (χ1) is 9.15. The molecule has 0 aliphatic heterocycles. The van der Waals surface area contributed by atoms with E-state index >= 15 is 0 Å². The number of carboxylic acids is 1. The number of aromatic carboxylic acids is 1. The fourth-order valence-electron chi connectivity index (χ4n) is 1.93. The van der Waals surface area contributed by atoms with E-state index < -0.39 is 5.97 Å². The molecule has 3 rings (SSSR count). The first kappa shape index (κ1) is 11.8. The molecule has 1 aromatic carbocycles. The summed E-state index contributed by atoms with van der Waals surface area (Å²) in [5, 5.41) is 10.8. The Labute approximate surface area is 113 Å². The number of hydrogen-bond donors (Lipinski definition) is 1. The topological polar surface area (TPSA) is 63.1 Å². The third-order valence-corrected chi connectivity index (χ3v) is 4.04. The zero-order valence-corrected chi connectivity index (χ0v) is 10.9. The summed E-state index contributed by atoms with van der Waals surface area (Å²) in [6.45, 7) is 1.71. The summed E-state index contributed by atoms with van der Waals surface area (Å²) in [6.07, 6.45) is 1.75. The van der Waals surface area contributed by atoms with Gasteiger partial charge in [0.05, 0.1) is 11.2 Å². The van der Waals surface area contributed by atoms with Gasteiger partial charge in [0.2, 0.25) is 0 Å². The van der Waals surface area contributed by atoms with E-state index in [-0.39, 0.29) is 0 Å². The fourth-order valence-corrected chi connectivity index (χ4v) is 2.83. The van der Waals surface area contributed by atoms with Gasteiger partial charge in [0, 0.05) is 17.1 Å². The minimum atomic E-state index is -0.927. The first-order valence-corrected chi connectivity index (χ1v) is 6.52. The number of thiazole rings is 1. The normalized spacial score (nSPS) is 10.8. The highest BCUT2D eigenvalue weighted by Crippen LogP contribution is 2.29. The van der Waals surface area contributed by atoms with Crippen LogP contribution in [-0.2, 0) is 0 Å². The maximum atomic E-state index is 11.0. The van der Waals surface area contributed by atoms with Crippen LogP contribution in [0, 0.1) is 6.92 Å². The third kappa shape index (κ3) is 2.08. The van der Waals surface area contributed by atoms with E-state index in [4.69, 9.17) is 5.11 Å². The molecule has 0 fully saturated rings. The Hall–Kier alpha value is -2.27. The van der Waals surface area contributed by atoms with Gasteiger partial charge in [-0.2, -0.15) is 0 Å². The molecule has 2 aromatic heterocycles. The molecule has 4 nitrogen and oxygen atoms in total. The van der Waals surface area contributed by atoms with Crippen LogP contribution in [-0.4, -0.2) is 21.0 Å². The molecular weight excluding hydrogens is 260 g/mol. The van der Waals surface area contributed by atoms with Gasteiger partial charge in [-0.1, -0.05) is 6.07 Å². The Bertz CT molecular complexity index is 780. The number of hydrogen-bond acceptors (Lipinski definition) is 4. The molecule has 3 aromatic rings. The molecule has 0 saturated heterocycles. The van der Waals surface area contributed by atoms with E-state index in [1.165, 1.54) is 11.3 Å². The van der Waals surface area contributed by atoms with Crippen molar-refractivity contribution < 1.29 is 9.90 Å². The standard InChI is InChI=1S/C14H10N2O2S/c1-8-12(14(17)18)19-13(16-8)10-4-5-11-9(7-10)3-2-6-15-11/h2-7H,1H3,(H,17,18). The Morgan fingerprint density at radius 2 is 2.16 bits per heavy atom. The van der Waals surface area contributed by atoms with Crippen molar-refractivity contribution in [3.8, 4) is 10.6 Å². The van der Waals surface area contributed by atoms with Crippen molar-refractivity contribution in [3.05, 3.63) is 47.1 Å². The van der Waals surface area contributed by atoms with Crippen LogP contribution in [0.1, 0.15) is 15.4 Å². The van der Waals surface area contributed by atoms with Crippen LogP contribution in [0.25, 0.3) is 21.5 Å². The number of fused-ring (bicyclic) bond motifs is 1. The van der Waals surface area contributed by atoms with Crippen molar-refractivity contribution in [2.24, 2.45) is 0 Å². The predicted octanol–water partition coefficient (Wildman–Crippen LogP) is 3.36. The number of aryl methyl sites for hydroxylation is 1. The average molecular weight is 270 g/mol. The monoisotopic (exact) mass is 270 g/mol. The number of rotatable bonds is 2. The number of benzene rings is 1. The highest BCUT2D eigenvalue weighted by atomic mass is 32.1. The molecule has 0 amide bonds. The molecule has 0 unspecified atom stereocenters. The maximum Gasteiger partial charge on any atom is 0.347 e. The zero-order valence-electron chi connectivity index (χ0n) is 10.1. The van der Waals surface area contributed by atoms with Crippen molar-refractivity contribution in [1.29, 1.82) is 0 Å². The predicted molar refractivity (Wildman–Crippen MR) is 74.5 cm³/mol. The number of carbonyl (C=O) groups is 1. The summed E-state index contributed by atoms with van der Waals surface area (Å²) in [6, 6.07) is 9.67. The van der Waals surface area contributed by atoms with Gasteiger partial charge in [0.15, 0.2) is 0 Å². The smallest absolute Gasteiger partial charge is 0.347 e. The van der Waals surface area contributed by atoms with Crippen LogP contribution in [0.15, 0.2) is 36.5 Å². The molecule has 2 heterocycles. The molecule has 19 heavy (non-hydrogen) atoms. The Balaban J connectivity index is 2.13. The van der Waals surface area contributed by atoms with Crippen LogP contribution < -0.4 is 0 Å². The van der Waals surface area contributed by atoms with Crippen molar-refractivity contribution in [1.82, 2.24) is 9.97 Å². The Kier molecular flexibility index (Phi) is 2.76. The van der Waals surface area contributed by atoms with Gasteiger partial charge in [-0.05, 0) is 31.2 Å². The van der Waals surface area contributed by atoms with Crippen LogP contribution in [0.5, 0.6) is 0 Å². The van der Waals surface area contributed by atoms with Gasteiger partial charge in [-0.15, -0.1) is 11.3 Å².